The maximum Gasteiger partial charge on any atom is 0.0468 e. The highest BCUT2D eigenvalue weighted by Crippen LogP contribution is 2.37. The standard InChI is InChI=1S/C26H19N/c1-3-10-22(11-4-1)27(23-12-5-2-6-13-23)24-18-17-21-16-15-20-9-7-8-14-25(20)26(21)19-24/h1-19H. The van der Waals surface area contributed by atoms with Crippen LogP contribution in [-0.4, -0.2) is 0 Å². The average molecular weight is 345 g/mol. The molecule has 0 heterocycles. The Morgan fingerprint density at radius 3 is 1.56 bits per heavy atom. The molecule has 128 valence electrons. The largest absolute Gasteiger partial charge is 0.310 e. The van der Waals surface area contributed by atoms with Gasteiger partial charge >= 0.3 is 0 Å². The SMILES string of the molecule is c1ccc(N(c2ccccc2)c2ccc3ccc4ccccc4c3c2)cc1. The van der Waals surface area contributed by atoms with Crippen molar-refractivity contribution in [2.75, 3.05) is 4.90 Å². The van der Waals surface area contributed by atoms with Crippen molar-refractivity contribution in [2.24, 2.45) is 0 Å². The summed E-state index contributed by atoms with van der Waals surface area (Å²) in [6.45, 7) is 0. The molecule has 0 aliphatic heterocycles. The van der Waals surface area contributed by atoms with E-state index in [4.69, 9.17) is 0 Å². The second-order valence-corrected chi connectivity index (χ2v) is 6.70. The molecule has 0 atom stereocenters. The van der Waals surface area contributed by atoms with Gasteiger partial charge in [0.25, 0.3) is 0 Å². The molecule has 0 saturated heterocycles. The normalized spacial score (nSPS) is 11.0. The number of hydrogen-bond acceptors (Lipinski definition) is 1. The van der Waals surface area contributed by atoms with Crippen molar-refractivity contribution in [3.05, 3.63) is 115 Å². The van der Waals surface area contributed by atoms with Crippen molar-refractivity contribution < 1.29 is 0 Å². The minimum Gasteiger partial charge on any atom is -0.310 e. The fourth-order valence-electron chi connectivity index (χ4n) is 3.73. The van der Waals surface area contributed by atoms with Gasteiger partial charge in [-0.15, -0.1) is 0 Å². The minimum absolute atomic E-state index is 1.16. The molecule has 0 unspecified atom stereocenters. The van der Waals surface area contributed by atoms with Gasteiger partial charge in [-0.2, -0.15) is 0 Å². The number of para-hydroxylation sites is 2. The molecule has 0 spiro atoms. The number of nitrogens with zero attached hydrogens (tertiary/aromatic N) is 1. The van der Waals surface area contributed by atoms with Gasteiger partial charge in [-0.1, -0.05) is 78.9 Å². The summed E-state index contributed by atoms with van der Waals surface area (Å²) in [4.78, 5) is 2.31. The van der Waals surface area contributed by atoms with Crippen molar-refractivity contribution in [2.45, 2.75) is 0 Å². The van der Waals surface area contributed by atoms with Gasteiger partial charge in [0, 0.05) is 17.1 Å². The number of fused-ring (bicyclic) bond motifs is 3. The first-order chi connectivity index (χ1) is 13.4. The number of anilines is 3. The van der Waals surface area contributed by atoms with E-state index in [0.29, 0.717) is 0 Å². The number of benzene rings is 5. The molecule has 0 aromatic heterocycles. The lowest BCUT2D eigenvalue weighted by Gasteiger charge is -2.25. The molecular weight excluding hydrogens is 326 g/mol. The monoisotopic (exact) mass is 345 g/mol. The number of rotatable bonds is 3. The summed E-state index contributed by atoms with van der Waals surface area (Å²) in [6.07, 6.45) is 0. The molecule has 1 nitrogen and oxygen atoms in total. The van der Waals surface area contributed by atoms with Gasteiger partial charge in [0.15, 0.2) is 0 Å². The molecule has 0 bridgehead atoms. The van der Waals surface area contributed by atoms with E-state index in [9.17, 15) is 0 Å². The lowest BCUT2D eigenvalue weighted by Crippen LogP contribution is -2.09. The lowest BCUT2D eigenvalue weighted by molar-refractivity contribution is 1.29. The van der Waals surface area contributed by atoms with Crippen LogP contribution in [0.1, 0.15) is 0 Å². The Bertz CT molecular complexity index is 1170. The van der Waals surface area contributed by atoms with Crippen molar-refractivity contribution >= 4 is 38.6 Å². The van der Waals surface area contributed by atoms with Crippen LogP contribution in [0.25, 0.3) is 21.5 Å². The first-order valence-corrected chi connectivity index (χ1v) is 9.22. The van der Waals surface area contributed by atoms with Gasteiger partial charge in [-0.05, 0) is 57.9 Å². The topological polar surface area (TPSA) is 3.24 Å². The summed E-state index contributed by atoms with van der Waals surface area (Å²) in [6, 6.07) is 40.8. The Morgan fingerprint density at radius 2 is 0.889 bits per heavy atom. The fourth-order valence-corrected chi connectivity index (χ4v) is 3.73. The number of hydrogen-bond donors (Lipinski definition) is 0. The van der Waals surface area contributed by atoms with Gasteiger partial charge in [-0.25, -0.2) is 0 Å². The van der Waals surface area contributed by atoms with Gasteiger partial charge < -0.3 is 4.90 Å². The lowest BCUT2D eigenvalue weighted by atomic mass is 10.0. The average Bonchev–Trinajstić information content (AvgIpc) is 2.75. The summed E-state index contributed by atoms with van der Waals surface area (Å²) in [5.41, 5.74) is 3.47. The Morgan fingerprint density at radius 1 is 0.370 bits per heavy atom. The molecule has 0 aliphatic carbocycles. The van der Waals surface area contributed by atoms with Crippen LogP contribution in [0.3, 0.4) is 0 Å². The van der Waals surface area contributed by atoms with Crippen LogP contribution in [0, 0.1) is 0 Å². The van der Waals surface area contributed by atoms with Gasteiger partial charge in [0.05, 0.1) is 0 Å². The molecule has 27 heavy (non-hydrogen) atoms. The second-order valence-electron chi connectivity index (χ2n) is 6.70. The van der Waals surface area contributed by atoms with E-state index in [1.807, 2.05) is 0 Å². The van der Waals surface area contributed by atoms with Crippen molar-refractivity contribution in [3.63, 3.8) is 0 Å². The van der Waals surface area contributed by atoms with Crippen LogP contribution in [0.5, 0.6) is 0 Å². The van der Waals surface area contributed by atoms with Crippen LogP contribution >= 0.6 is 0 Å². The third-order valence-electron chi connectivity index (χ3n) is 5.02. The highest BCUT2D eigenvalue weighted by molar-refractivity contribution is 6.08. The van der Waals surface area contributed by atoms with E-state index in [-0.39, 0.29) is 0 Å². The van der Waals surface area contributed by atoms with Crippen LogP contribution in [0.15, 0.2) is 115 Å². The van der Waals surface area contributed by atoms with Crippen molar-refractivity contribution in [3.8, 4) is 0 Å². The fraction of sp³-hybridized carbons (Fsp3) is 0. The quantitative estimate of drug-likeness (QED) is 0.307. The highest BCUT2D eigenvalue weighted by atomic mass is 15.1. The van der Waals surface area contributed by atoms with Crippen molar-refractivity contribution in [1.82, 2.24) is 0 Å². The molecule has 0 aliphatic rings. The smallest absolute Gasteiger partial charge is 0.0468 e. The molecule has 0 saturated carbocycles. The van der Waals surface area contributed by atoms with E-state index in [0.717, 1.165) is 17.1 Å². The zero-order chi connectivity index (χ0) is 18.1. The predicted molar refractivity (Wildman–Crippen MR) is 116 cm³/mol. The third kappa shape index (κ3) is 2.84. The molecule has 0 N–H and O–H groups in total. The summed E-state index contributed by atoms with van der Waals surface area (Å²) in [7, 11) is 0. The van der Waals surface area contributed by atoms with Crippen LogP contribution < -0.4 is 4.90 Å². The predicted octanol–water partition coefficient (Wildman–Crippen LogP) is 7.46. The van der Waals surface area contributed by atoms with E-state index < -0.39 is 0 Å². The summed E-state index contributed by atoms with van der Waals surface area (Å²) in [5.74, 6) is 0. The van der Waals surface area contributed by atoms with E-state index >= 15 is 0 Å². The van der Waals surface area contributed by atoms with Crippen LogP contribution in [0.4, 0.5) is 17.1 Å². The Kier molecular flexibility index (Phi) is 3.84. The van der Waals surface area contributed by atoms with E-state index in [1.54, 1.807) is 0 Å². The highest BCUT2D eigenvalue weighted by Gasteiger charge is 2.12. The Labute approximate surface area is 159 Å². The first-order valence-electron chi connectivity index (χ1n) is 9.22. The maximum absolute atomic E-state index is 2.31. The van der Waals surface area contributed by atoms with E-state index in [2.05, 4.69) is 120 Å². The molecular formula is C26H19N. The Balaban J connectivity index is 1.76. The first kappa shape index (κ1) is 15.7. The molecule has 5 aromatic rings. The molecule has 1 heteroatoms. The second kappa shape index (κ2) is 6.62. The summed E-state index contributed by atoms with van der Waals surface area (Å²) in [5, 5.41) is 5.10. The molecule has 5 rings (SSSR count). The van der Waals surface area contributed by atoms with Crippen molar-refractivity contribution in [1.29, 1.82) is 0 Å². The Hall–Kier alpha value is -3.58. The molecule has 0 fully saturated rings. The van der Waals surface area contributed by atoms with Crippen LogP contribution in [-0.2, 0) is 0 Å². The van der Waals surface area contributed by atoms with Gasteiger partial charge in [-0.3, -0.25) is 0 Å². The molecule has 0 radical (unpaired) electrons. The molecule has 0 amide bonds. The maximum atomic E-state index is 2.31. The summed E-state index contributed by atoms with van der Waals surface area (Å²) < 4.78 is 0. The zero-order valence-corrected chi connectivity index (χ0v) is 14.9. The summed E-state index contributed by atoms with van der Waals surface area (Å²) >= 11 is 0. The molecule has 5 aromatic carbocycles. The van der Waals surface area contributed by atoms with Gasteiger partial charge in [0.1, 0.15) is 0 Å². The third-order valence-corrected chi connectivity index (χ3v) is 5.02. The van der Waals surface area contributed by atoms with Gasteiger partial charge in [0.2, 0.25) is 0 Å². The van der Waals surface area contributed by atoms with E-state index in [1.165, 1.54) is 21.5 Å². The van der Waals surface area contributed by atoms with Crippen LogP contribution in [0.2, 0.25) is 0 Å². The zero-order valence-electron chi connectivity index (χ0n) is 14.9. The minimum atomic E-state index is 1.16.